The fourth-order valence-corrected chi connectivity index (χ4v) is 3.66. The summed E-state index contributed by atoms with van der Waals surface area (Å²) in [7, 11) is 1.62. The normalized spacial score (nSPS) is 15.4. The van der Waals surface area contributed by atoms with Gasteiger partial charge in [-0.1, -0.05) is 78.0 Å². The number of amides is 1. The van der Waals surface area contributed by atoms with Crippen molar-refractivity contribution in [1.82, 2.24) is 5.32 Å². The monoisotopic (exact) mass is 400 g/mol. The van der Waals surface area contributed by atoms with Gasteiger partial charge in [-0.15, -0.1) is 0 Å². The van der Waals surface area contributed by atoms with Crippen LogP contribution in [-0.2, 0) is 16.2 Å². The van der Waals surface area contributed by atoms with E-state index in [9.17, 15) is 4.79 Å². The zero-order chi connectivity index (χ0) is 20.8. The second kappa shape index (κ2) is 9.27. The molecule has 0 aromatic heterocycles. The highest BCUT2D eigenvalue weighted by atomic mass is 16.6. The molecular weight excluding hydrogens is 376 g/mol. The molecule has 0 radical (unpaired) electrons. The number of benzene rings is 3. The van der Waals surface area contributed by atoms with E-state index in [1.165, 1.54) is 0 Å². The van der Waals surface area contributed by atoms with Crippen molar-refractivity contribution in [2.45, 2.75) is 25.0 Å². The van der Waals surface area contributed by atoms with E-state index in [1.807, 2.05) is 60.7 Å². The van der Waals surface area contributed by atoms with Gasteiger partial charge in [0.15, 0.2) is 0 Å². The molecule has 5 heteroatoms. The maximum absolute atomic E-state index is 12.7. The fourth-order valence-electron chi connectivity index (χ4n) is 3.66. The van der Waals surface area contributed by atoms with Crippen LogP contribution in [-0.4, -0.2) is 24.8 Å². The second-order valence-electron chi connectivity index (χ2n) is 7.20. The maximum Gasteiger partial charge on any atom is 0.264 e. The van der Waals surface area contributed by atoms with E-state index >= 15 is 0 Å². The van der Waals surface area contributed by atoms with Gasteiger partial charge in [0.25, 0.3) is 5.91 Å². The lowest BCUT2D eigenvalue weighted by atomic mass is 9.85. The van der Waals surface area contributed by atoms with Gasteiger partial charge in [-0.05, 0) is 28.8 Å². The summed E-state index contributed by atoms with van der Waals surface area (Å²) in [5, 5.41) is 7.25. The van der Waals surface area contributed by atoms with Gasteiger partial charge in [0.1, 0.15) is 5.75 Å². The van der Waals surface area contributed by atoms with E-state index < -0.39 is 6.10 Å². The van der Waals surface area contributed by atoms with E-state index in [1.54, 1.807) is 7.11 Å². The lowest BCUT2D eigenvalue weighted by Gasteiger charge is -2.17. The summed E-state index contributed by atoms with van der Waals surface area (Å²) in [5.41, 5.74) is 4.08. The Kier molecular flexibility index (Phi) is 6.09. The standard InChI is InChI=1S/C25H24N2O3/c1-29-21-14-8-9-18(15-21)17-26-25(28)23-16-22(27-30-23)24(19-10-4-2-5-11-19)20-12-6-3-7-13-20/h2-15,23-24H,16-17H2,1H3,(H,26,28)/t23-/m1/s1. The lowest BCUT2D eigenvalue weighted by Crippen LogP contribution is -2.34. The number of rotatable bonds is 7. The van der Waals surface area contributed by atoms with Crippen LogP contribution in [0.15, 0.2) is 90.1 Å². The van der Waals surface area contributed by atoms with E-state index in [0.717, 1.165) is 28.2 Å². The number of hydrogen-bond acceptors (Lipinski definition) is 4. The molecule has 1 N–H and O–H groups in total. The van der Waals surface area contributed by atoms with Crippen LogP contribution >= 0.6 is 0 Å². The first kappa shape index (κ1) is 19.7. The highest BCUT2D eigenvalue weighted by Gasteiger charge is 2.33. The van der Waals surface area contributed by atoms with Crippen molar-refractivity contribution in [3.8, 4) is 5.75 Å². The van der Waals surface area contributed by atoms with Gasteiger partial charge in [-0.3, -0.25) is 4.79 Å². The molecule has 0 unspecified atom stereocenters. The van der Waals surface area contributed by atoms with Crippen LogP contribution in [0.3, 0.4) is 0 Å². The summed E-state index contributed by atoms with van der Waals surface area (Å²) in [6.07, 6.45) is -0.168. The molecule has 0 saturated carbocycles. The van der Waals surface area contributed by atoms with Crippen LogP contribution in [0.25, 0.3) is 0 Å². The number of oxime groups is 1. The predicted octanol–water partition coefficient (Wildman–Crippen LogP) is 4.29. The van der Waals surface area contributed by atoms with E-state index in [4.69, 9.17) is 9.57 Å². The Morgan fingerprint density at radius 3 is 2.33 bits per heavy atom. The van der Waals surface area contributed by atoms with Gasteiger partial charge >= 0.3 is 0 Å². The SMILES string of the molecule is COc1cccc(CNC(=O)[C@H]2CC(C(c3ccccc3)c3ccccc3)=NO2)c1. The number of nitrogens with zero attached hydrogens (tertiary/aromatic N) is 1. The molecule has 0 spiro atoms. The van der Waals surface area contributed by atoms with E-state index in [-0.39, 0.29) is 11.8 Å². The lowest BCUT2D eigenvalue weighted by molar-refractivity contribution is -0.131. The first-order valence-corrected chi connectivity index (χ1v) is 9.97. The Labute approximate surface area is 176 Å². The molecule has 3 aromatic rings. The van der Waals surface area contributed by atoms with Gasteiger partial charge in [-0.25, -0.2) is 0 Å². The predicted molar refractivity (Wildman–Crippen MR) is 116 cm³/mol. The molecule has 1 atom stereocenters. The van der Waals surface area contributed by atoms with Crippen molar-refractivity contribution < 1.29 is 14.4 Å². The minimum atomic E-state index is -0.625. The summed E-state index contributed by atoms with van der Waals surface area (Å²) in [5.74, 6) is 0.554. The third kappa shape index (κ3) is 4.51. The average molecular weight is 400 g/mol. The first-order chi connectivity index (χ1) is 14.7. The van der Waals surface area contributed by atoms with Crippen LogP contribution in [0.2, 0.25) is 0 Å². The highest BCUT2D eigenvalue weighted by Crippen LogP contribution is 2.31. The second-order valence-corrected chi connectivity index (χ2v) is 7.20. The van der Waals surface area contributed by atoms with Gasteiger partial charge in [0.2, 0.25) is 6.10 Å². The Morgan fingerprint density at radius 1 is 1.03 bits per heavy atom. The molecule has 1 aliphatic heterocycles. The van der Waals surface area contributed by atoms with Crippen molar-refractivity contribution in [2.75, 3.05) is 7.11 Å². The molecule has 0 saturated heterocycles. The topological polar surface area (TPSA) is 59.9 Å². The molecule has 0 bridgehead atoms. The third-order valence-electron chi connectivity index (χ3n) is 5.18. The molecule has 152 valence electrons. The number of carbonyl (C=O) groups is 1. The minimum Gasteiger partial charge on any atom is -0.497 e. The summed E-state index contributed by atoms with van der Waals surface area (Å²) < 4.78 is 5.23. The Morgan fingerprint density at radius 2 is 1.70 bits per heavy atom. The average Bonchev–Trinajstić information content (AvgIpc) is 3.29. The molecule has 1 aliphatic rings. The molecule has 1 amide bonds. The molecule has 1 heterocycles. The molecule has 4 rings (SSSR count). The van der Waals surface area contributed by atoms with Crippen LogP contribution < -0.4 is 10.1 Å². The number of hydrogen-bond donors (Lipinski definition) is 1. The zero-order valence-corrected chi connectivity index (χ0v) is 16.8. The Balaban J connectivity index is 1.44. The highest BCUT2D eigenvalue weighted by molar-refractivity contribution is 5.98. The molecule has 0 aliphatic carbocycles. The zero-order valence-electron chi connectivity index (χ0n) is 16.8. The van der Waals surface area contributed by atoms with Crippen LogP contribution in [0, 0.1) is 0 Å². The van der Waals surface area contributed by atoms with Gasteiger partial charge in [-0.2, -0.15) is 0 Å². The first-order valence-electron chi connectivity index (χ1n) is 9.97. The largest absolute Gasteiger partial charge is 0.497 e. The minimum absolute atomic E-state index is 0.0383. The van der Waals surface area contributed by atoms with Gasteiger partial charge in [0, 0.05) is 13.0 Å². The van der Waals surface area contributed by atoms with E-state index in [0.29, 0.717) is 13.0 Å². The van der Waals surface area contributed by atoms with Crippen molar-refractivity contribution in [3.63, 3.8) is 0 Å². The maximum atomic E-state index is 12.7. The molecule has 0 fully saturated rings. The van der Waals surface area contributed by atoms with Gasteiger partial charge < -0.3 is 14.9 Å². The number of nitrogens with one attached hydrogen (secondary N) is 1. The molecule has 5 nitrogen and oxygen atoms in total. The van der Waals surface area contributed by atoms with Crippen molar-refractivity contribution in [3.05, 3.63) is 102 Å². The Bertz CT molecular complexity index is 979. The molecule has 3 aromatic carbocycles. The molecule has 30 heavy (non-hydrogen) atoms. The van der Waals surface area contributed by atoms with Gasteiger partial charge in [0.05, 0.1) is 18.7 Å². The Hall–Kier alpha value is -3.60. The van der Waals surface area contributed by atoms with Crippen LogP contribution in [0.5, 0.6) is 5.75 Å². The summed E-state index contributed by atoms with van der Waals surface area (Å²) in [6, 6.07) is 28.0. The molecular formula is C25H24N2O3. The smallest absolute Gasteiger partial charge is 0.264 e. The number of methoxy groups -OCH3 is 1. The fraction of sp³-hybridized carbons (Fsp3) is 0.200. The van der Waals surface area contributed by atoms with Crippen molar-refractivity contribution in [2.24, 2.45) is 5.16 Å². The van der Waals surface area contributed by atoms with Crippen molar-refractivity contribution in [1.29, 1.82) is 0 Å². The van der Waals surface area contributed by atoms with Crippen LogP contribution in [0.1, 0.15) is 29.0 Å². The summed E-state index contributed by atoms with van der Waals surface area (Å²) >= 11 is 0. The summed E-state index contributed by atoms with van der Waals surface area (Å²) in [6.45, 7) is 0.409. The van der Waals surface area contributed by atoms with Crippen molar-refractivity contribution >= 4 is 11.6 Å². The van der Waals surface area contributed by atoms with Crippen LogP contribution in [0.4, 0.5) is 0 Å². The quantitative estimate of drug-likeness (QED) is 0.644. The van der Waals surface area contributed by atoms with E-state index in [2.05, 4.69) is 34.7 Å². The number of ether oxygens (including phenoxy) is 1. The summed E-state index contributed by atoms with van der Waals surface area (Å²) in [4.78, 5) is 18.2. The third-order valence-corrected chi connectivity index (χ3v) is 5.18. The number of carbonyl (C=O) groups excluding carboxylic acids is 1.